The van der Waals surface area contributed by atoms with E-state index in [-0.39, 0.29) is 5.97 Å². The van der Waals surface area contributed by atoms with Gasteiger partial charge in [-0.2, -0.15) is 0 Å². The molecule has 3 heteroatoms. The number of hydrogen-bond acceptors (Lipinski definition) is 3. The molecule has 3 atom stereocenters. The first kappa shape index (κ1) is 25.2. The zero-order chi connectivity index (χ0) is 20.3. The van der Waals surface area contributed by atoms with Crippen molar-refractivity contribution in [3.63, 3.8) is 0 Å². The van der Waals surface area contributed by atoms with Crippen LogP contribution in [0.3, 0.4) is 0 Å². The van der Waals surface area contributed by atoms with Gasteiger partial charge in [0.1, 0.15) is 0 Å². The number of hydrogen-bond donors (Lipinski definition) is 0. The summed E-state index contributed by atoms with van der Waals surface area (Å²) >= 11 is 0. The average molecular weight is 368 g/mol. The van der Waals surface area contributed by atoms with Gasteiger partial charge in [0.05, 0.1) is 6.61 Å². The molecule has 0 radical (unpaired) electrons. The third-order valence-electron chi connectivity index (χ3n) is 5.54. The largest absolute Gasteiger partial charge is 0.462 e. The zero-order valence-corrected chi connectivity index (χ0v) is 18.9. The first-order chi connectivity index (χ1) is 11.9. The Morgan fingerprint density at radius 1 is 1.04 bits per heavy atom. The van der Waals surface area contributed by atoms with Crippen molar-refractivity contribution in [2.45, 2.75) is 80.1 Å². The Bertz CT molecular complexity index is 414. The van der Waals surface area contributed by atoms with Gasteiger partial charge >= 0.3 is 5.97 Å². The monoisotopic (exact) mass is 367 g/mol. The Hall–Kier alpha value is -0.830. The van der Waals surface area contributed by atoms with E-state index in [1.165, 1.54) is 32.1 Å². The standard InChI is InChI=1S/C23H45NO2/c1-18(2)22(25)26-16-14-19(3)12-13-21(5)20(4)11-10-15-23(6,7)17-24(8)9/h19-21H,1,10-17H2,2-9H3. The minimum atomic E-state index is -0.267. The predicted octanol–water partition coefficient (Wildman–Crippen LogP) is 5.94. The second-order valence-corrected chi connectivity index (χ2v) is 9.64. The van der Waals surface area contributed by atoms with Crippen LogP contribution in [0.25, 0.3) is 0 Å². The van der Waals surface area contributed by atoms with Crippen LogP contribution in [0.4, 0.5) is 0 Å². The molecule has 0 aliphatic rings. The minimum Gasteiger partial charge on any atom is -0.462 e. The van der Waals surface area contributed by atoms with Gasteiger partial charge in [-0.15, -0.1) is 0 Å². The highest BCUT2D eigenvalue weighted by Gasteiger charge is 2.20. The van der Waals surface area contributed by atoms with Gasteiger partial charge < -0.3 is 9.64 Å². The third kappa shape index (κ3) is 12.5. The van der Waals surface area contributed by atoms with Crippen molar-refractivity contribution in [1.82, 2.24) is 4.90 Å². The van der Waals surface area contributed by atoms with Crippen molar-refractivity contribution in [3.8, 4) is 0 Å². The van der Waals surface area contributed by atoms with Crippen molar-refractivity contribution in [1.29, 1.82) is 0 Å². The molecule has 0 bridgehead atoms. The lowest BCUT2D eigenvalue weighted by Gasteiger charge is -2.29. The van der Waals surface area contributed by atoms with Gasteiger partial charge in [-0.3, -0.25) is 0 Å². The smallest absolute Gasteiger partial charge is 0.333 e. The fourth-order valence-electron chi connectivity index (χ4n) is 3.57. The number of rotatable bonds is 14. The normalized spacial score (nSPS) is 15.6. The summed E-state index contributed by atoms with van der Waals surface area (Å²) in [4.78, 5) is 13.7. The summed E-state index contributed by atoms with van der Waals surface area (Å²) in [5.74, 6) is 1.86. The highest BCUT2D eigenvalue weighted by molar-refractivity contribution is 5.86. The highest BCUT2D eigenvalue weighted by atomic mass is 16.5. The number of esters is 1. The van der Waals surface area contributed by atoms with E-state index in [1.807, 2.05) is 0 Å². The van der Waals surface area contributed by atoms with Crippen LogP contribution < -0.4 is 0 Å². The lowest BCUT2D eigenvalue weighted by atomic mass is 9.81. The molecule has 0 aliphatic heterocycles. The van der Waals surface area contributed by atoms with Crippen molar-refractivity contribution in [3.05, 3.63) is 12.2 Å². The van der Waals surface area contributed by atoms with E-state index in [0.29, 0.717) is 23.5 Å². The Labute approximate surface area is 163 Å². The third-order valence-corrected chi connectivity index (χ3v) is 5.54. The van der Waals surface area contributed by atoms with Crippen LogP contribution in [-0.4, -0.2) is 38.1 Å². The topological polar surface area (TPSA) is 29.5 Å². The number of carbonyl (C=O) groups excluding carboxylic acids is 1. The second-order valence-electron chi connectivity index (χ2n) is 9.64. The summed E-state index contributed by atoms with van der Waals surface area (Å²) in [6.45, 7) is 18.8. The molecule has 0 amide bonds. The summed E-state index contributed by atoms with van der Waals surface area (Å²) in [5, 5.41) is 0. The quantitative estimate of drug-likeness (QED) is 0.281. The molecule has 3 nitrogen and oxygen atoms in total. The van der Waals surface area contributed by atoms with Crippen LogP contribution in [0.2, 0.25) is 0 Å². The first-order valence-electron chi connectivity index (χ1n) is 10.4. The van der Waals surface area contributed by atoms with E-state index in [1.54, 1.807) is 6.92 Å². The van der Waals surface area contributed by atoms with Gasteiger partial charge in [0.15, 0.2) is 0 Å². The van der Waals surface area contributed by atoms with Gasteiger partial charge in [0, 0.05) is 12.1 Å². The van der Waals surface area contributed by atoms with E-state index < -0.39 is 0 Å². The Morgan fingerprint density at radius 2 is 1.62 bits per heavy atom. The number of carbonyl (C=O) groups is 1. The van der Waals surface area contributed by atoms with Crippen molar-refractivity contribution < 1.29 is 9.53 Å². The molecule has 0 aromatic carbocycles. The summed E-state index contributed by atoms with van der Waals surface area (Å²) < 4.78 is 5.20. The van der Waals surface area contributed by atoms with Gasteiger partial charge in [-0.1, -0.05) is 66.9 Å². The van der Waals surface area contributed by atoms with Crippen LogP contribution in [0.15, 0.2) is 12.2 Å². The molecule has 0 aromatic heterocycles. The molecule has 0 saturated heterocycles. The maximum atomic E-state index is 11.4. The van der Waals surface area contributed by atoms with Crippen molar-refractivity contribution in [2.24, 2.45) is 23.2 Å². The van der Waals surface area contributed by atoms with Crippen LogP contribution in [0.1, 0.15) is 80.1 Å². The van der Waals surface area contributed by atoms with Gasteiger partial charge in [-0.05, 0) is 57.0 Å². The molecule has 26 heavy (non-hydrogen) atoms. The summed E-state index contributed by atoms with van der Waals surface area (Å²) in [7, 11) is 4.32. The van der Waals surface area contributed by atoms with E-state index in [2.05, 4.69) is 60.2 Å². The van der Waals surface area contributed by atoms with E-state index in [0.717, 1.165) is 24.8 Å². The molecule has 3 unspecified atom stereocenters. The van der Waals surface area contributed by atoms with E-state index >= 15 is 0 Å². The average Bonchev–Trinajstić information content (AvgIpc) is 2.50. The molecular weight excluding hydrogens is 322 g/mol. The zero-order valence-electron chi connectivity index (χ0n) is 18.9. The Morgan fingerprint density at radius 3 is 2.15 bits per heavy atom. The van der Waals surface area contributed by atoms with Crippen LogP contribution >= 0.6 is 0 Å². The van der Waals surface area contributed by atoms with Crippen molar-refractivity contribution >= 4 is 5.97 Å². The summed E-state index contributed by atoms with van der Waals surface area (Å²) in [5.41, 5.74) is 0.885. The maximum absolute atomic E-state index is 11.4. The lowest BCUT2D eigenvalue weighted by Crippen LogP contribution is -2.28. The first-order valence-corrected chi connectivity index (χ1v) is 10.4. The molecule has 0 N–H and O–H groups in total. The van der Waals surface area contributed by atoms with Crippen molar-refractivity contribution in [2.75, 3.05) is 27.2 Å². The predicted molar refractivity (Wildman–Crippen MR) is 113 cm³/mol. The molecule has 0 spiro atoms. The SMILES string of the molecule is C=C(C)C(=O)OCCC(C)CCC(C)C(C)CCCC(C)(C)CN(C)C. The molecule has 0 aromatic rings. The number of nitrogens with zero attached hydrogens (tertiary/aromatic N) is 1. The van der Waals surface area contributed by atoms with Gasteiger partial charge in [0.2, 0.25) is 0 Å². The second kappa shape index (κ2) is 12.5. The van der Waals surface area contributed by atoms with Crippen LogP contribution in [0.5, 0.6) is 0 Å². The fraction of sp³-hybridized carbons (Fsp3) is 0.870. The molecule has 0 saturated carbocycles. The highest BCUT2D eigenvalue weighted by Crippen LogP contribution is 2.29. The van der Waals surface area contributed by atoms with E-state index in [4.69, 9.17) is 4.74 Å². The molecular formula is C23H45NO2. The van der Waals surface area contributed by atoms with Gasteiger partial charge in [-0.25, -0.2) is 4.79 Å². The van der Waals surface area contributed by atoms with Crippen LogP contribution in [-0.2, 0) is 9.53 Å². The van der Waals surface area contributed by atoms with Gasteiger partial charge in [0.25, 0.3) is 0 Å². The van der Waals surface area contributed by atoms with E-state index in [9.17, 15) is 4.79 Å². The lowest BCUT2D eigenvalue weighted by molar-refractivity contribution is -0.139. The maximum Gasteiger partial charge on any atom is 0.333 e. The fourth-order valence-corrected chi connectivity index (χ4v) is 3.57. The molecule has 0 fully saturated rings. The molecule has 0 aliphatic carbocycles. The number of ether oxygens (including phenoxy) is 1. The molecule has 154 valence electrons. The summed E-state index contributed by atoms with van der Waals surface area (Å²) in [6.07, 6.45) is 7.35. The Balaban J connectivity index is 3.95. The molecule has 0 heterocycles. The van der Waals surface area contributed by atoms with Crippen LogP contribution in [0, 0.1) is 23.2 Å². The minimum absolute atomic E-state index is 0.267. The summed E-state index contributed by atoms with van der Waals surface area (Å²) in [6, 6.07) is 0. The molecule has 0 rings (SSSR count). The Kier molecular flexibility index (Phi) is 12.1.